The van der Waals surface area contributed by atoms with Crippen molar-refractivity contribution in [2.75, 3.05) is 31.6 Å². The maximum absolute atomic E-state index is 12.6. The number of ether oxygens (including phenoxy) is 1. The monoisotopic (exact) mass is 428 g/mol. The second kappa shape index (κ2) is 10.1. The van der Waals surface area contributed by atoms with Crippen LogP contribution in [0.4, 0.5) is 5.69 Å². The maximum atomic E-state index is 12.6. The van der Waals surface area contributed by atoms with Crippen LogP contribution in [0.5, 0.6) is 5.75 Å². The first-order chi connectivity index (χ1) is 15.7. The number of hydrogen-bond donors (Lipinski definition) is 2. The third-order valence-electron chi connectivity index (χ3n) is 5.96. The Labute approximate surface area is 188 Å². The Hall–Kier alpha value is -3.72. The molecule has 1 aliphatic rings. The summed E-state index contributed by atoms with van der Waals surface area (Å²) < 4.78 is 5.56. The molecule has 6 nitrogen and oxygen atoms in total. The number of nitrogens with zero attached hydrogens (tertiary/aromatic N) is 2. The summed E-state index contributed by atoms with van der Waals surface area (Å²) in [6.07, 6.45) is 7.91. The number of aromatic amines is 1. The predicted octanol–water partition coefficient (Wildman–Crippen LogP) is 4.43. The fourth-order valence-corrected chi connectivity index (χ4v) is 4.22. The number of anilines is 1. The number of hydrogen-bond acceptors (Lipinski definition) is 4. The van der Waals surface area contributed by atoms with Gasteiger partial charge in [-0.3, -0.25) is 4.79 Å². The fourth-order valence-electron chi connectivity index (χ4n) is 4.22. The fraction of sp³-hybridized carbons (Fsp3) is 0.308. The van der Waals surface area contributed by atoms with Crippen LogP contribution in [0, 0.1) is 11.3 Å². The average Bonchev–Trinajstić information content (AvgIpc) is 3.26. The molecule has 1 amide bonds. The van der Waals surface area contributed by atoms with Crippen LogP contribution in [0.15, 0.2) is 54.2 Å². The molecular formula is C26H28N4O2. The molecule has 2 aromatic carbocycles. The molecule has 0 saturated carbocycles. The summed E-state index contributed by atoms with van der Waals surface area (Å²) in [7, 11) is 1.61. The van der Waals surface area contributed by atoms with Gasteiger partial charge in [-0.2, -0.15) is 5.26 Å². The molecule has 2 N–H and O–H groups in total. The van der Waals surface area contributed by atoms with Crippen molar-refractivity contribution in [2.24, 2.45) is 0 Å². The van der Waals surface area contributed by atoms with Gasteiger partial charge < -0.3 is 19.9 Å². The molecule has 4 rings (SSSR count). The highest BCUT2D eigenvalue weighted by Gasteiger charge is 2.15. The van der Waals surface area contributed by atoms with Crippen molar-refractivity contribution in [3.05, 3.63) is 65.4 Å². The van der Waals surface area contributed by atoms with E-state index < -0.39 is 0 Å². The molecule has 3 aromatic rings. The SMILES string of the molecule is COc1cc(N2CCCCC2)ccc1/C=C(/C#N)C(=O)NCCc1c[nH]c2ccccc12. The maximum Gasteiger partial charge on any atom is 0.261 e. The predicted molar refractivity (Wildman–Crippen MR) is 128 cm³/mol. The Balaban J connectivity index is 1.43. The minimum atomic E-state index is -0.380. The van der Waals surface area contributed by atoms with Gasteiger partial charge in [-0.1, -0.05) is 18.2 Å². The summed E-state index contributed by atoms with van der Waals surface area (Å²) in [5.74, 6) is 0.280. The van der Waals surface area contributed by atoms with Crippen LogP contribution in [0.2, 0.25) is 0 Å². The van der Waals surface area contributed by atoms with E-state index in [2.05, 4.69) is 21.3 Å². The summed E-state index contributed by atoms with van der Waals surface area (Å²) in [6, 6.07) is 16.0. The van der Waals surface area contributed by atoms with Crippen LogP contribution in [-0.4, -0.2) is 37.6 Å². The second-order valence-corrected chi connectivity index (χ2v) is 8.01. The third-order valence-corrected chi connectivity index (χ3v) is 5.96. The average molecular weight is 429 g/mol. The van der Waals surface area contributed by atoms with E-state index in [0.29, 0.717) is 18.7 Å². The van der Waals surface area contributed by atoms with Crippen molar-refractivity contribution in [3.63, 3.8) is 0 Å². The number of methoxy groups -OCH3 is 1. The molecule has 1 saturated heterocycles. The van der Waals surface area contributed by atoms with E-state index in [-0.39, 0.29) is 11.5 Å². The lowest BCUT2D eigenvalue weighted by atomic mass is 10.1. The summed E-state index contributed by atoms with van der Waals surface area (Å²) in [5.41, 5.74) is 4.11. The molecule has 2 heterocycles. The van der Waals surface area contributed by atoms with E-state index in [4.69, 9.17) is 4.74 Å². The van der Waals surface area contributed by atoms with Crippen molar-refractivity contribution in [3.8, 4) is 11.8 Å². The number of para-hydroxylation sites is 1. The Morgan fingerprint density at radius 2 is 2.03 bits per heavy atom. The third kappa shape index (κ3) is 4.78. The molecule has 0 atom stereocenters. The summed E-state index contributed by atoms with van der Waals surface area (Å²) in [4.78, 5) is 18.2. The van der Waals surface area contributed by atoms with Gasteiger partial charge in [0.15, 0.2) is 0 Å². The highest BCUT2D eigenvalue weighted by atomic mass is 16.5. The Morgan fingerprint density at radius 3 is 2.81 bits per heavy atom. The first kappa shape index (κ1) is 21.5. The molecule has 6 heteroatoms. The lowest BCUT2D eigenvalue weighted by Gasteiger charge is -2.29. The quantitative estimate of drug-likeness (QED) is 0.431. The normalized spacial score (nSPS) is 14.2. The van der Waals surface area contributed by atoms with E-state index >= 15 is 0 Å². The van der Waals surface area contributed by atoms with Crippen LogP contribution in [0.25, 0.3) is 17.0 Å². The van der Waals surface area contributed by atoms with Gasteiger partial charge in [-0.15, -0.1) is 0 Å². The van der Waals surface area contributed by atoms with E-state index in [9.17, 15) is 10.1 Å². The van der Waals surface area contributed by atoms with E-state index in [1.165, 1.54) is 19.3 Å². The number of H-pyrrole nitrogens is 1. The highest BCUT2D eigenvalue weighted by molar-refractivity contribution is 6.02. The molecular weight excluding hydrogens is 400 g/mol. The van der Waals surface area contributed by atoms with Crippen LogP contribution >= 0.6 is 0 Å². The molecule has 0 radical (unpaired) electrons. The zero-order chi connectivity index (χ0) is 22.3. The second-order valence-electron chi connectivity index (χ2n) is 8.01. The zero-order valence-electron chi connectivity index (χ0n) is 18.4. The first-order valence-electron chi connectivity index (χ1n) is 11.1. The topological polar surface area (TPSA) is 81.2 Å². The number of carbonyl (C=O) groups excluding carboxylic acids is 1. The van der Waals surface area contributed by atoms with E-state index in [1.54, 1.807) is 13.2 Å². The number of benzene rings is 2. The van der Waals surface area contributed by atoms with Gasteiger partial charge in [0, 0.05) is 54.1 Å². The smallest absolute Gasteiger partial charge is 0.261 e. The lowest BCUT2D eigenvalue weighted by molar-refractivity contribution is -0.117. The van der Waals surface area contributed by atoms with Crippen LogP contribution < -0.4 is 15.0 Å². The van der Waals surface area contributed by atoms with E-state index in [0.717, 1.165) is 40.8 Å². The highest BCUT2D eigenvalue weighted by Crippen LogP contribution is 2.29. The van der Waals surface area contributed by atoms with Gasteiger partial charge in [-0.05, 0) is 55.5 Å². The van der Waals surface area contributed by atoms with Crippen molar-refractivity contribution < 1.29 is 9.53 Å². The molecule has 1 aliphatic heterocycles. The number of fused-ring (bicyclic) bond motifs is 1. The Kier molecular flexibility index (Phi) is 6.76. The minimum Gasteiger partial charge on any atom is -0.496 e. The number of aromatic nitrogens is 1. The van der Waals surface area contributed by atoms with Crippen molar-refractivity contribution in [2.45, 2.75) is 25.7 Å². The molecule has 0 aliphatic carbocycles. The van der Waals surface area contributed by atoms with Gasteiger partial charge >= 0.3 is 0 Å². The number of carbonyl (C=O) groups is 1. The minimum absolute atomic E-state index is 0.0629. The Bertz CT molecular complexity index is 1170. The first-order valence-corrected chi connectivity index (χ1v) is 11.1. The van der Waals surface area contributed by atoms with Crippen molar-refractivity contribution in [1.82, 2.24) is 10.3 Å². The summed E-state index contributed by atoms with van der Waals surface area (Å²) >= 11 is 0. The molecule has 164 valence electrons. The molecule has 1 aromatic heterocycles. The molecule has 1 fully saturated rings. The zero-order valence-corrected chi connectivity index (χ0v) is 18.4. The molecule has 0 unspecified atom stereocenters. The van der Waals surface area contributed by atoms with E-state index in [1.807, 2.05) is 48.7 Å². The number of piperidine rings is 1. The van der Waals surface area contributed by atoms with Gasteiger partial charge in [0.05, 0.1) is 7.11 Å². The summed E-state index contributed by atoms with van der Waals surface area (Å²) in [6.45, 7) is 2.53. The number of amides is 1. The van der Waals surface area contributed by atoms with Crippen LogP contribution in [0.3, 0.4) is 0 Å². The van der Waals surface area contributed by atoms with Gasteiger partial charge in [0.2, 0.25) is 0 Å². The number of nitrogens with one attached hydrogen (secondary N) is 2. The molecule has 0 bridgehead atoms. The number of nitriles is 1. The van der Waals surface area contributed by atoms with Gasteiger partial charge in [0.25, 0.3) is 5.91 Å². The molecule has 0 spiro atoms. The molecule has 32 heavy (non-hydrogen) atoms. The van der Waals surface area contributed by atoms with Crippen LogP contribution in [-0.2, 0) is 11.2 Å². The summed E-state index contributed by atoms with van der Waals surface area (Å²) in [5, 5.41) is 13.6. The van der Waals surface area contributed by atoms with Gasteiger partial charge in [0.1, 0.15) is 17.4 Å². The standard InChI is InChI=1S/C26H28N4O2/c1-32-25-16-22(30-13-5-2-6-14-30)10-9-19(25)15-21(17-27)26(31)28-12-11-20-18-29-24-8-4-3-7-23(20)24/h3-4,7-10,15-16,18,29H,2,5-6,11-14H2,1H3,(H,28,31)/b21-15-. The largest absolute Gasteiger partial charge is 0.496 e. The van der Waals surface area contributed by atoms with Crippen molar-refractivity contribution in [1.29, 1.82) is 5.26 Å². The lowest BCUT2D eigenvalue weighted by Crippen LogP contribution is -2.29. The van der Waals surface area contributed by atoms with Crippen LogP contribution in [0.1, 0.15) is 30.4 Å². The van der Waals surface area contributed by atoms with Gasteiger partial charge in [-0.25, -0.2) is 0 Å². The Morgan fingerprint density at radius 1 is 1.22 bits per heavy atom. The van der Waals surface area contributed by atoms with Crippen molar-refractivity contribution >= 4 is 28.6 Å². The number of rotatable bonds is 7.